The van der Waals surface area contributed by atoms with Crippen molar-refractivity contribution in [3.8, 4) is 0 Å². The van der Waals surface area contributed by atoms with Gasteiger partial charge in [-0.25, -0.2) is 0 Å². The second-order valence-corrected chi connectivity index (χ2v) is 6.90. The van der Waals surface area contributed by atoms with Gasteiger partial charge in [0.2, 0.25) is 5.91 Å². The zero-order valence-electron chi connectivity index (χ0n) is 11.5. The fourth-order valence-corrected chi connectivity index (χ4v) is 2.56. The van der Waals surface area contributed by atoms with Crippen LogP contribution in [0.5, 0.6) is 0 Å². The van der Waals surface area contributed by atoms with Crippen molar-refractivity contribution in [3.05, 3.63) is 34.3 Å². The molecule has 1 fully saturated rings. The standard InChI is InChI=1S/C15H21BrN2O/c1-15(2)7-8-18(10-13(15)17)14(19)9-11-3-5-12(16)6-4-11/h3-6,13H,7-10,17H2,1-2H3. The summed E-state index contributed by atoms with van der Waals surface area (Å²) in [5.74, 6) is 0.174. The summed E-state index contributed by atoms with van der Waals surface area (Å²) in [7, 11) is 0. The SMILES string of the molecule is CC1(C)CCN(C(=O)Cc2ccc(Br)cc2)CC1N. The molecule has 0 bridgehead atoms. The molecule has 3 nitrogen and oxygen atoms in total. The van der Waals surface area contributed by atoms with Gasteiger partial charge in [0.1, 0.15) is 0 Å². The number of nitrogens with two attached hydrogens (primary N) is 1. The molecule has 2 N–H and O–H groups in total. The monoisotopic (exact) mass is 324 g/mol. The number of benzene rings is 1. The minimum atomic E-state index is 0.0649. The fourth-order valence-electron chi connectivity index (χ4n) is 2.30. The summed E-state index contributed by atoms with van der Waals surface area (Å²) in [5, 5.41) is 0. The lowest BCUT2D eigenvalue weighted by Gasteiger charge is -2.42. The second kappa shape index (κ2) is 5.63. The van der Waals surface area contributed by atoms with E-state index in [0.29, 0.717) is 13.0 Å². The molecule has 1 atom stereocenters. The van der Waals surface area contributed by atoms with Gasteiger partial charge in [-0.2, -0.15) is 0 Å². The molecule has 104 valence electrons. The molecule has 1 aromatic rings. The van der Waals surface area contributed by atoms with Gasteiger partial charge in [-0.3, -0.25) is 4.79 Å². The molecule has 1 amide bonds. The molecule has 1 aromatic carbocycles. The largest absolute Gasteiger partial charge is 0.341 e. The zero-order chi connectivity index (χ0) is 14.0. The second-order valence-electron chi connectivity index (χ2n) is 5.99. The average molecular weight is 325 g/mol. The molecule has 2 rings (SSSR count). The molecular formula is C15H21BrN2O. The van der Waals surface area contributed by atoms with E-state index in [4.69, 9.17) is 5.73 Å². The van der Waals surface area contributed by atoms with Gasteiger partial charge < -0.3 is 10.6 Å². The van der Waals surface area contributed by atoms with E-state index in [9.17, 15) is 4.79 Å². The van der Waals surface area contributed by atoms with Crippen molar-refractivity contribution < 1.29 is 4.79 Å². The first-order chi connectivity index (χ1) is 8.88. The number of halogens is 1. The van der Waals surface area contributed by atoms with Crippen LogP contribution in [0.15, 0.2) is 28.7 Å². The van der Waals surface area contributed by atoms with Crippen molar-refractivity contribution in [2.75, 3.05) is 13.1 Å². The number of nitrogens with zero attached hydrogens (tertiary/aromatic N) is 1. The molecular weight excluding hydrogens is 304 g/mol. The van der Waals surface area contributed by atoms with E-state index in [1.165, 1.54) is 0 Å². The maximum absolute atomic E-state index is 12.3. The Bertz CT molecular complexity index is 456. The normalized spacial score (nSPS) is 22.3. The van der Waals surface area contributed by atoms with Gasteiger partial charge >= 0.3 is 0 Å². The number of hydrogen-bond donors (Lipinski definition) is 1. The van der Waals surface area contributed by atoms with Crippen molar-refractivity contribution in [2.24, 2.45) is 11.1 Å². The number of carbonyl (C=O) groups is 1. The quantitative estimate of drug-likeness (QED) is 0.908. The number of likely N-dealkylation sites (tertiary alicyclic amines) is 1. The molecule has 1 saturated heterocycles. The van der Waals surface area contributed by atoms with Gasteiger partial charge in [0.25, 0.3) is 0 Å². The highest BCUT2D eigenvalue weighted by atomic mass is 79.9. The van der Waals surface area contributed by atoms with Crippen LogP contribution < -0.4 is 5.73 Å². The van der Waals surface area contributed by atoms with Gasteiger partial charge in [0.05, 0.1) is 6.42 Å². The van der Waals surface area contributed by atoms with Crippen LogP contribution in [-0.2, 0) is 11.2 Å². The Labute approximate surface area is 123 Å². The number of piperidine rings is 1. The van der Waals surface area contributed by atoms with E-state index in [1.54, 1.807) is 0 Å². The van der Waals surface area contributed by atoms with E-state index in [0.717, 1.165) is 23.0 Å². The maximum atomic E-state index is 12.3. The summed E-state index contributed by atoms with van der Waals surface area (Å²) in [4.78, 5) is 14.2. The summed E-state index contributed by atoms with van der Waals surface area (Å²) in [6.07, 6.45) is 1.43. The average Bonchev–Trinajstić information content (AvgIpc) is 2.35. The van der Waals surface area contributed by atoms with Crippen LogP contribution in [0.4, 0.5) is 0 Å². The third kappa shape index (κ3) is 3.57. The van der Waals surface area contributed by atoms with Crippen molar-refractivity contribution in [3.63, 3.8) is 0 Å². The minimum absolute atomic E-state index is 0.0649. The summed E-state index contributed by atoms with van der Waals surface area (Å²) < 4.78 is 1.03. The van der Waals surface area contributed by atoms with E-state index in [1.807, 2.05) is 29.2 Å². The summed E-state index contributed by atoms with van der Waals surface area (Å²) >= 11 is 3.40. The van der Waals surface area contributed by atoms with Crippen molar-refractivity contribution in [2.45, 2.75) is 32.7 Å². The Morgan fingerprint density at radius 1 is 1.42 bits per heavy atom. The highest BCUT2D eigenvalue weighted by molar-refractivity contribution is 9.10. The Morgan fingerprint density at radius 2 is 2.05 bits per heavy atom. The summed E-state index contributed by atoms with van der Waals surface area (Å²) in [6, 6.07) is 7.96. The number of rotatable bonds is 2. The van der Waals surface area contributed by atoms with Gasteiger partial charge in [-0.05, 0) is 29.5 Å². The molecule has 0 aromatic heterocycles. The van der Waals surface area contributed by atoms with Crippen LogP contribution in [0.2, 0.25) is 0 Å². The molecule has 1 aliphatic heterocycles. The Hall–Kier alpha value is -0.870. The van der Waals surface area contributed by atoms with Gasteiger partial charge in [-0.15, -0.1) is 0 Å². The van der Waals surface area contributed by atoms with Crippen LogP contribution >= 0.6 is 15.9 Å². The first-order valence-corrected chi connectivity index (χ1v) is 7.45. The van der Waals surface area contributed by atoms with Crippen LogP contribution in [0.25, 0.3) is 0 Å². The molecule has 0 radical (unpaired) electrons. The smallest absolute Gasteiger partial charge is 0.227 e. The lowest BCUT2D eigenvalue weighted by molar-refractivity contribution is -0.133. The lowest BCUT2D eigenvalue weighted by atomic mass is 9.78. The van der Waals surface area contributed by atoms with E-state index in [2.05, 4.69) is 29.8 Å². The highest BCUT2D eigenvalue weighted by Crippen LogP contribution is 2.29. The number of carbonyl (C=O) groups excluding carboxylic acids is 1. The van der Waals surface area contributed by atoms with Crippen LogP contribution in [0.3, 0.4) is 0 Å². The third-order valence-corrected chi connectivity index (χ3v) is 4.60. The van der Waals surface area contributed by atoms with Crippen molar-refractivity contribution >= 4 is 21.8 Å². The van der Waals surface area contributed by atoms with Crippen LogP contribution in [0, 0.1) is 5.41 Å². The Kier molecular flexibility index (Phi) is 4.31. The number of amides is 1. The predicted molar refractivity (Wildman–Crippen MR) is 80.8 cm³/mol. The van der Waals surface area contributed by atoms with E-state index >= 15 is 0 Å². The van der Waals surface area contributed by atoms with Gasteiger partial charge in [0, 0.05) is 23.6 Å². The molecule has 0 aliphatic carbocycles. The Balaban J connectivity index is 1.96. The van der Waals surface area contributed by atoms with Crippen LogP contribution in [0.1, 0.15) is 25.8 Å². The molecule has 19 heavy (non-hydrogen) atoms. The number of hydrogen-bond acceptors (Lipinski definition) is 2. The predicted octanol–water partition coefficient (Wildman–Crippen LogP) is 2.58. The maximum Gasteiger partial charge on any atom is 0.227 e. The van der Waals surface area contributed by atoms with Crippen molar-refractivity contribution in [1.29, 1.82) is 0 Å². The zero-order valence-corrected chi connectivity index (χ0v) is 13.1. The first-order valence-electron chi connectivity index (χ1n) is 6.66. The lowest BCUT2D eigenvalue weighted by Crippen LogP contribution is -2.54. The van der Waals surface area contributed by atoms with Gasteiger partial charge in [0.15, 0.2) is 0 Å². The minimum Gasteiger partial charge on any atom is -0.341 e. The Morgan fingerprint density at radius 3 is 2.63 bits per heavy atom. The molecule has 1 heterocycles. The summed E-state index contributed by atoms with van der Waals surface area (Å²) in [6.45, 7) is 5.83. The van der Waals surface area contributed by atoms with E-state index in [-0.39, 0.29) is 17.4 Å². The molecule has 1 unspecified atom stereocenters. The van der Waals surface area contributed by atoms with Crippen LogP contribution in [-0.4, -0.2) is 29.9 Å². The molecule has 1 aliphatic rings. The van der Waals surface area contributed by atoms with Crippen molar-refractivity contribution in [1.82, 2.24) is 4.90 Å². The van der Waals surface area contributed by atoms with Gasteiger partial charge in [-0.1, -0.05) is 41.9 Å². The molecule has 0 spiro atoms. The highest BCUT2D eigenvalue weighted by Gasteiger charge is 2.34. The summed E-state index contributed by atoms with van der Waals surface area (Å²) in [5.41, 5.74) is 7.33. The molecule has 4 heteroatoms. The fraction of sp³-hybridized carbons (Fsp3) is 0.533. The van der Waals surface area contributed by atoms with E-state index < -0.39 is 0 Å². The molecule has 0 saturated carbocycles. The topological polar surface area (TPSA) is 46.3 Å². The first kappa shape index (κ1) is 14.5. The third-order valence-electron chi connectivity index (χ3n) is 4.07.